The average molecular weight is 232 g/mol. The molecule has 0 atom stereocenters. The standard InChI is InChI=1S/C15H20O2/c1-11(2)13-7-4-5-8-14(13)15(9-6-10-15)17-12(3)16/h4-5,7-8,11H,6,9-10H2,1-3H3. The number of carbonyl (C=O) groups excluding carboxylic acids is 1. The molecule has 92 valence electrons. The van der Waals surface area contributed by atoms with Gasteiger partial charge in [-0.05, 0) is 36.3 Å². The smallest absolute Gasteiger partial charge is 0.303 e. The first kappa shape index (κ1) is 12.2. The van der Waals surface area contributed by atoms with Crippen molar-refractivity contribution in [2.24, 2.45) is 0 Å². The SMILES string of the molecule is CC(=O)OC1(c2ccccc2C(C)C)CCC1. The Morgan fingerprint density at radius 2 is 1.94 bits per heavy atom. The third-order valence-corrected chi connectivity index (χ3v) is 3.57. The molecular formula is C15H20O2. The van der Waals surface area contributed by atoms with E-state index in [1.165, 1.54) is 18.1 Å². The molecule has 0 unspecified atom stereocenters. The van der Waals surface area contributed by atoms with Crippen molar-refractivity contribution in [1.82, 2.24) is 0 Å². The predicted molar refractivity (Wildman–Crippen MR) is 67.8 cm³/mol. The van der Waals surface area contributed by atoms with E-state index >= 15 is 0 Å². The van der Waals surface area contributed by atoms with E-state index in [4.69, 9.17) is 4.74 Å². The Morgan fingerprint density at radius 3 is 2.41 bits per heavy atom. The van der Waals surface area contributed by atoms with Gasteiger partial charge in [-0.25, -0.2) is 0 Å². The molecule has 2 nitrogen and oxygen atoms in total. The Kier molecular flexibility index (Phi) is 3.23. The Morgan fingerprint density at radius 1 is 1.29 bits per heavy atom. The normalized spacial score (nSPS) is 17.6. The van der Waals surface area contributed by atoms with Crippen molar-refractivity contribution in [3.05, 3.63) is 35.4 Å². The second kappa shape index (κ2) is 4.52. The maximum Gasteiger partial charge on any atom is 0.303 e. The molecule has 0 N–H and O–H groups in total. The minimum atomic E-state index is -0.341. The fourth-order valence-electron chi connectivity index (χ4n) is 2.61. The van der Waals surface area contributed by atoms with Crippen molar-refractivity contribution in [2.75, 3.05) is 0 Å². The van der Waals surface area contributed by atoms with Gasteiger partial charge in [-0.3, -0.25) is 4.79 Å². The van der Waals surface area contributed by atoms with Gasteiger partial charge in [-0.1, -0.05) is 38.1 Å². The average Bonchev–Trinajstić information content (AvgIpc) is 2.23. The van der Waals surface area contributed by atoms with Crippen LogP contribution in [0.5, 0.6) is 0 Å². The molecule has 17 heavy (non-hydrogen) atoms. The largest absolute Gasteiger partial charge is 0.454 e. The van der Waals surface area contributed by atoms with E-state index in [2.05, 4.69) is 32.0 Å². The van der Waals surface area contributed by atoms with Crippen molar-refractivity contribution in [2.45, 2.75) is 51.6 Å². The molecule has 2 heteroatoms. The van der Waals surface area contributed by atoms with Gasteiger partial charge in [0.15, 0.2) is 0 Å². The number of ether oxygens (including phenoxy) is 1. The summed E-state index contributed by atoms with van der Waals surface area (Å²) < 4.78 is 5.61. The lowest BCUT2D eigenvalue weighted by Gasteiger charge is -2.42. The van der Waals surface area contributed by atoms with Crippen LogP contribution in [-0.2, 0) is 15.1 Å². The minimum Gasteiger partial charge on any atom is -0.454 e. The van der Waals surface area contributed by atoms with Crippen LogP contribution in [0.1, 0.15) is 57.1 Å². The predicted octanol–water partition coefficient (Wildman–Crippen LogP) is 3.75. The molecule has 1 aromatic carbocycles. The molecular weight excluding hydrogens is 212 g/mol. The van der Waals surface area contributed by atoms with Gasteiger partial charge >= 0.3 is 5.97 Å². The van der Waals surface area contributed by atoms with Crippen molar-refractivity contribution < 1.29 is 9.53 Å². The Labute approximate surface area is 103 Å². The Balaban J connectivity index is 2.40. The number of hydrogen-bond acceptors (Lipinski definition) is 2. The van der Waals surface area contributed by atoms with Crippen LogP contribution in [0.4, 0.5) is 0 Å². The summed E-state index contributed by atoms with van der Waals surface area (Å²) in [5.74, 6) is 0.280. The lowest BCUT2D eigenvalue weighted by molar-refractivity contribution is -0.169. The van der Waals surface area contributed by atoms with Gasteiger partial charge in [0.2, 0.25) is 0 Å². The third-order valence-electron chi connectivity index (χ3n) is 3.57. The van der Waals surface area contributed by atoms with Crippen LogP contribution in [0, 0.1) is 0 Å². The molecule has 0 saturated heterocycles. The van der Waals surface area contributed by atoms with Gasteiger partial charge in [-0.2, -0.15) is 0 Å². The van der Waals surface area contributed by atoms with Crippen molar-refractivity contribution in [3.8, 4) is 0 Å². The van der Waals surface area contributed by atoms with Crippen LogP contribution < -0.4 is 0 Å². The van der Waals surface area contributed by atoms with Crippen molar-refractivity contribution in [3.63, 3.8) is 0 Å². The zero-order valence-electron chi connectivity index (χ0n) is 10.8. The van der Waals surface area contributed by atoms with Gasteiger partial charge in [0.05, 0.1) is 0 Å². The van der Waals surface area contributed by atoms with E-state index in [0.29, 0.717) is 5.92 Å². The molecule has 0 aliphatic heterocycles. The minimum absolute atomic E-state index is 0.178. The topological polar surface area (TPSA) is 26.3 Å². The van der Waals surface area contributed by atoms with E-state index in [-0.39, 0.29) is 11.6 Å². The highest BCUT2D eigenvalue weighted by molar-refractivity contribution is 5.67. The molecule has 0 bridgehead atoms. The van der Waals surface area contributed by atoms with Gasteiger partial charge in [0.1, 0.15) is 5.60 Å². The second-order valence-corrected chi connectivity index (χ2v) is 5.18. The van der Waals surface area contributed by atoms with Gasteiger partial charge in [0.25, 0.3) is 0 Å². The van der Waals surface area contributed by atoms with Gasteiger partial charge in [-0.15, -0.1) is 0 Å². The van der Waals surface area contributed by atoms with E-state index < -0.39 is 0 Å². The molecule has 0 spiro atoms. The molecule has 0 radical (unpaired) electrons. The van der Waals surface area contributed by atoms with Crippen molar-refractivity contribution in [1.29, 1.82) is 0 Å². The summed E-state index contributed by atoms with van der Waals surface area (Å²) in [4.78, 5) is 11.3. The highest BCUT2D eigenvalue weighted by Crippen LogP contribution is 2.47. The van der Waals surface area contributed by atoms with Crippen LogP contribution in [0.2, 0.25) is 0 Å². The molecule has 0 aromatic heterocycles. The lowest BCUT2D eigenvalue weighted by Crippen LogP contribution is -2.39. The molecule has 0 heterocycles. The third kappa shape index (κ3) is 2.21. The van der Waals surface area contributed by atoms with E-state index in [9.17, 15) is 4.79 Å². The Hall–Kier alpha value is -1.31. The maximum atomic E-state index is 11.3. The first-order valence-electron chi connectivity index (χ1n) is 6.34. The summed E-state index contributed by atoms with van der Waals surface area (Å²) in [6, 6.07) is 8.34. The molecule has 1 aliphatic rings. The van der Waals surface area contributed by atoms with Crippen molar-refractivity contribution >= 4 is 5.97 Å². The number of carbonyl (C=O) groups is 1. The van der Waals surface area contributed by atoms with Crippen LogP contribution >= 0.6 is 0 Å². The Bertz CT molecular complexity index is 417. The zero-order chi connectivity index (χ0) is 12.5. The number of hydrogen-bond donors (Lipinski definition) is 0. The first-order valence-corrected chi connectivity index (χ1v) is 6.34. The highest BCUT2D eigenvalue weighted by Gasteiger charge is 2.43. The van der Waals surface area contributed by atoms with Crippen LogP contribution in [-0.4, -0.2) is 5.97 Å². The van der Waals surface area contributed by atoms with Crippen LogP contribution in [0.15, 0.2) is 24.3 Å². The van der Waals surface area contributed by atoms with Gasteiger partial charge < -0.3 is 4.74 Å². The number of rotatable bonds is 3. The molecule has 1 saturated carbocycles. The summed E-state index contributed by atoms with van der Waals surface area (Å²) in [6.45, 7) is 5.86. The van der Waals surface area contributed by atoms with Gasteiger partial charge in [0, 0.05) is 6.92 Å². The number of esters is 1. The summed E-state index contributed by atoms with van der Waals surface area (Å²) in [7, 11) is 0. The zero-order valence-corrected chi connectivity index (χ0v) is 10.8. The fourth-order valence-corrected chi connectivity index (χ4v) is 2.61. The first-order chi connectivity index (χ1) is 8.05. The lowest BCUT2D eigenvalue weighted by atomic mass is 9.72. The molecule has 0 amide bonds. The summed E-state index contributed by atoms with van der Waals surface area (Å²) >= 11 is 0. The molecule has 1 fully saturated rings. The fraction of sp³-hybridized carbons (Fsp3) is 0.533. The van der Waals surface area contributed by atoms with E-state index in [1.54, 1.807) is 0 Å². The second-order valence-electron chi connectivity index (χ2n) is 5.18. The number of benzene rings is 1. The quantitative estimate of drug-likeness (QED) is 0.742. The summed E-state index contributed by atoms with van der Waals surface area (Å²) in [5, 5.41) is 0. The summed E-state index contributed by atoms with van der Waals surface area (Å²) in [6.07, 6.45) is 3.05. The highest BCUT2D eigenvalue weighted by atomic mass is 16.6. The molecule has 1 aliphatic carbocycles. The van der Waals surface area contributed by atoms with E-state index in [0.717, 1.165) is 19.3 Å². The molecule has 2 rings (SSSR count). The van der Waals surface area contributed by atoms with Crippen LogP contribution in [0.3, 0.4) is 0 Å². The summed E-state index contributed by atoms with van der Waals surface area (Å²) in [5.41, 5.74) is 2.16. The van der Waals surface area contributed by atoms with Crippen LogP contribution in [0.25, 0.3) is 0 Å². The monoisotopic (exact) mass is 232 g/mol. The molecule has 1 aromatic rings. The maximum absolute atomic E-state index is 11.3. The van der Waals surface area contributed by atoms with E-state index in [1.807, 2.05) is 6.07 Å².